The summed E-state index contributed by atoms with van der Waals surface area (Å²) in [7, 11) is 9.24. The van der Waals surface area contributed by atoms with Gasteiger partial charge in [0.25, 0.3) is 0 Å². The van der Waals surface area contributed by atoms with E-state index in [4.69, 9.17) is 19.7 Å². The van der Waals surface area contributed by atoms with Crippen LogP contribution in [-0.4, -0.2) is 84.6 Å². The summed E-state index contributed by atoms with van der Waals surface area (Å²) in [4.78, 5) is 2.17. The summed E-state index contributed by atoms with van der Waals surface area (Å²) >= 11 is 7.07. The highest BCUT2D eigenvalue weighted by Crippen LogP contribution is 2.34. The second-order valence-corrected chi connectivity index (χ2v) is 17.9. The number of hydrogen-bond donors (Lipinski definition) is 3. The highest BCUT2D eigenvalue weighted by atomic mass is 79.9. The minimum absolute atomic E-state index is 0.198. The molecule has 14 heteroatoms. The molecule has 2 heterocycles. The predicted octanol–water partition coefficient (Wildman–Crippen LogP) is 11.5. The van der Waals surface area contributed by atoms with Crippen LogP contribution < -0.4 is 20.1 Å². The van der Waals surface area contributed by atoms with E-state index in [-0.39, 0.29) is 12.4 Å². The number of fused-ring (bicyclic) bond motifs is 2. The molecular weight excluding hydrogens is 980 g/mol. The van der Waals surface area contributed by atoms with Crippen LogP contribution in [0.5, 0.6) is 11.5 Å². The average Bonchev–Trinajstić information content (AvgIpc) is 3.87. The van der Waals surface area contributed by atoms with Crippen LogP contribution in [0.1, 0.15) is 42.0 Å². The highest BCUT2D eigenvalue weighted by molar-refractivity contribution is 9.10. The lowest BCUT2D eigenvalue weighted by atomic mass is 10.0. The molecule has 0 saturated carbocycles. The van der Waals surface area contributed by atoms with Crippen molar-refractivity contribution in [3.63, 3.8) is 0 Å². The summed E-state index contributed by atoms with van der Waals surface area (Å²) in [5.74, 6) is 0.953. The minimum Gasteiger partial charge on any atom is -0.497 e. The van der Waals surface area contributed by atoms with Crippen LogP contribution in [0.2, 0.25) is 0 Å². The van der Waals surface area contributed by atoms with E-state index in [1.807, 2.05) is 128 Å². The van der Waals surface area contributed by atoms with Crippen molar-refractivity contribution in [3.05, 3.63) is 164 Å². The fraction of sp³-hybridized carbons (Fsp3) is 0.283. The Morgan fingerprint density at radius 3 is 1.46 bits per heavy atom. The number of methoxy groups -OCH3 is 2. The van der Waals surface area contributed by atoms with E-state index in [1.54, 1.807) is 32.4 Å². The molecule has 0 bridgehead atoms. The zero-order valence-corrected chi connectivity index (χ0v) is 42.1. The number of unbranched alkanes of at least 4 members (excludes halogenated alkanes) is 1. The largest absolute Gasteiger partial charge is 0.497 e. The molecule has 10 nitrogen and oxygen atoms in total. The number of benzene rings is 6. The Morgan fingerprint density at radius 1 is 0.612 bits per heavy atom. The molecule has 3 N–H and O–H groups in total. The van der Waals surface area contributed by atoms with Gasteiger partial charge in [0.2, 0.25) is 0 Å². The first-order valence-electron chi connectivity index (χ1n) is 22.2. The van der Waals surface area contributed by atoms with Crippen molar-refractivity contribution in [2.75, 3.05) is 55.0 Å². The van der Waals surface area contributed by atoms with Crippen molar-refractivity contribution in [2.45, 2.75) is 46.0 Å². The molecule has 8 rings (SSSR count). The van der Waals surface area contributed by atoms with E-state index in [2.05, 4.69) is 54.3 Å². The first-order chi connectivity index (χ1) is 32.5. The summed E-state index contributed by atoms with van der Waals surface area (Å²) in [5, 5.41) is 26.8. The summed E-state index contributed by atoms with van der Waals surface area (Å²) in [6.07, 6.45) is 2.59. The third-order valence-corrected chi connectivity index (χ3v) is 12.1. The zero-order chi connectivity index (χ0) is 47.9. The fourth-order valence-electron chi connectivity index (χ4n) is 7.49. The minimum atomic E-state index is -0.398. The van der Waals surface area contributed by atoms with Gasteiger partial charge in [-0.2, -0.15) is 10.2 Å². The van der Waals surface area contributed by atoms with Crippen molar-refractivity contribution < 1.29 is 23.4 Å². The van der Waals surface area contributed by atoms with Gasteiger partial charge in [0.05, 0.1) is 44.9 Å². The number of aliphatic hydroxyl groups excluding tert-OH is 1. The van der Waals surface area contributed by atoms with Gasteiger partial charge in [0.1, 0.15) is 34.5 Å². The standard InChI is InChI=1S/C26H28BrFN4O.C22H18BrFN2O2.C5H13N/c1-29-12-13-31(2)16-19-6-10-22(24(28)14-19)26-23-11-7-20(27)15-25(23)32(30-26)17-18-4-8-21(33-3)9-5-18;1-28-17-6-2-14(3-7-17)12-26-21-11-16(23)5-9-19(21)22(25-26)18-8-4-15(13-27)10-20(18)24;1-3-4-5-6-2/h4-11,14-15,29H,12-13,16-17H2,1-3H3;2-11,27H,12-13H2,1H3;6H,3-5H2,1-2H3. The van der Waals surface area contributed by atoms with Crippen LogP contribution in [0.4, 0.5) is 8.78 Å². The lowest BCUT2D eigenvalue weighted by molar-refractivity contribution is 0.281. The van der Waals surface area contributed by atoms with Crippen molar-refractivity contribution >= 4 is 53.7 Å². The van der Waals surface area contributed by atoms with Crippen molar-refractivity contribution in [3.8, 4) is 34.0 Å². The van der Waals surface area contributed by atoms with Crippen LogP contribution in [0.25, 0.3) is 44.3 Å². The van der Waals surface area contributed by atoms with Crippen molar-refractivity contribution in [1.82, 2.24) is 35.1 Å². The molecule has 0 amide bonds. The fourth-order valence-corrected chi connectivity index (χ4v) is 8.18. The number of aromatic nitrogens is 4. The Labute approximate surface area is 409 Å². The summed E-state index contributed by atoms with van der Waals surface area (Å²) in [5.41, 5.74) is 7.65. The van der Waals surface area contributed by atoms with Gasteiger partial charge in [-0.05, 0) is 141 Å². The predicted molar refractivity (Wildman–Crippen MR) is 275 cm³/mol. The van der Waals surface area contributed by atoms with E-state index < -0.39 is 5.82 Å². The molecule has 0 atom stereocenters. The Balaban J connectivity index is 0.000000199. The van der Waals surface area contributed by atoms with Crippen LogP contribution in [0.15, 0.2) is 130 Å². The lowest BCUT2D eigenvalue weighted by Gasteiger charge is -2.16. The van der Waals surface area contributed by atoms with E-state index in [9.17, 15) is 9.50 Å². The number of hydrogen-bond acceptors (Lipinski definition) is 8. The third-order valence-electron chi connectivity index (χ3n) is 11.1. The maximum absolute atomic E-state index is 15.3. The molecule has 8 aromatic rings. The molecule has 0 fully saturated rings. The third kappa shape index (κ3) is 13.6. The zero-order valence-electron chi connectivity index (χ0n) is 38.9. The maximum atomic E-state index is 15.3. The number of rotatable bonds is 17. The second kappa shape index (κ2) is 25.0. The smallest absolute Gasteiger partial charge is 0.133 e. The Bertz CT molecular complexity index is 2830. The van der Waals surface area contributed by atoms with E-state index in [0.29, 0.717) is 47.7 Å². The molecule has 0 aliphatic rings. The lowest BCUT2D eigenvalue weighted by Crippen LogP contribution is -2.26. The van der Waals surface area contributed by atoms with Gasteiger partial charge in [-0.1, -0.05) is 81.6 Å². The molecule has 0 spiro atoms. The van der Waals surface area contributed by atoms with Gasteiger partial charge in [0, 0.05) is 50.5 Å². The molecule has 67 heavy (non-hydrogen) atoms. The maximum Gasteiger partial charge on any atom is 0.133 e. The first-order valence-corrected chi connectivity index (χ1v) is 23.8. The Morgan fingerprint density at radius 2 is 1.06 bits per heavy atom. The van der Waals surface area contributed by atoms with Crippen molar-refractivity contribution in [2.24, 2.45) is 0 Å². The van der Waals surface area contributed by atoms with Gasteiger partial charge < -0.3 is 30.1 Å². The van der Waals surface area contributed by atoms with Gasteiger partial charge in [-0.25, -0.2) is 8.78 Å². The van der Waals surface area contributed by atoms with Crippen LogP contribution in [-0.2, 0) is 26.2 Å². The number of halogens is 4. The highest BCUT2D eigenvalue weighted by Gasteiger charge is 2.19. The molecule has 0 aliphatic heterocycles. The molecular formula is C53H59Br2F2N7O3. The van der Waals surface area contributed by atoms with E-state index in [1.165, 1.54) is 18.9 Å². The molecule has 0 saturated heterocycles. The van der Waals surface area contributed by atoms with E-state index >= 15 is 4.39 Å². The van der Waals surface area contributed by atoms with Crippen LogP contribution in [0, 0.1) is 11.6 Å². The van der Waals surface area contributed by atoms with Crippen LogP contribution >= 0.6 is 31.9 Å². The van der Waals surface area contributed by atoms with Gasteiger partial charge in [-0.3, -0.25) is 9.36 Å². The molecule has 0 unspecified atom stereocenters. The number of nitrogens with zero attached hydrogens (tertiary/aromatic N) is 5. The van der Waals surface area contributed by atoms with Gasteiger partial charge in [-0.15, -0.1) is 0 Å². The molecule has 0 aliphatic carbocycles. The topological polar surface area (TPSA) is 102 Å². The number of aliphatic hydroxyl groups is 1. The van der Waals surface area contributed by atoms with Gasteiger partial charge in [0.15, 0.2) is 0 Å². The molecule has 2 aromatic heterocycles. The van der Waals surface area contributed by atoms with Gasteiger partial charge >= 0.3 is 0 Å². The number of ether oxygens (including phenoxy) is 2. The first kappa shape index (κ1) is 50.9. The average molecular weight is 1040 g/mol. The summed E-state index contributed by atoms with van der Waals surface area (Å²) in [6.45, 7) is 6.77. The number of likely N-dealkylation sites (N-methyl/N-ethyl adjacent to an activating group) is 2. The molecule has 352 valence electrons. The van der Waals surface area contributed by atoms with Crippen molar-refractivity contribution in [1.29, 1.82) is 0 Å². The normalized spacial score (nSPS) is 11.1. The Hall–Kier alpha value is -5.48. The second-order valence-electron chi connectivity index (χ2n) is 16.1. The SMILES string of the molecule is CCCCNC.CNCCN(C)Cc1ccc(-c2nn(Cc3ccc(OC)cc3)c3cc(Br)ccc23)c(F)c1.COc1ccc(Cn2nc(-c3ccc(CO)cc3F)c3ccc(Br)cc32)cc1. The monoisotopic (exact) mass is 1040 g/mol. The summed E-state index contributed by atoms with van der Waals surface area (Å²) in [6, 6.07) is 37.7. The van der Waals surface area contributed by atoms with E-state index in [0.717, 1.165) is 78.6 Å². The molecule has 6 aromatic carbocycles. The summed E-state index contributed by atoms with van der Waals surface area (Å²) < 4.78 is 46.1. The van der Waals surface area contributed by atoms with Crippen LogP contribution in [0.3, 0.4) is 0 Å². The molecule has 0 radical (unpaired) electrons. The Kier molecular flexibility index (Phi) is 19.0. The number of nitrogens with one attached hydrogen (secondary N) is 2. The quantitative estimate of drug-likeness (QED) is 0.0776.